The molecule has 0 aliphatic heterocycles. The molecular formula is C11H23N3O5S. The molecule has 0 radical (unpaired) electrons. The van der Waals surface area contributed by atoms with E-state index in [1.165, 1.54) is 0 Å². The smallest absolute Gasteiger partial charge is 0.314 e. The number of primary sulfonamides is 1. The Labute approximate surface area is 119 Å². The minimum atomic E-state index is -3.60. The number of carbonyl (C=O) groups excluding carboxylic acids is 1. The third-order valence-corrected chi connectivity index (χ3v) is 3.26. The molecule has 9 heteroatoms. The monoisotopic (exact) mass is 309 g/mol. The number of amides is 2. The Morgan fingerprint density at radius 2 is 1.85 bits per heavy atom. The van der Waals surface area contributed by atoms with Crippen LogP contribution >= 0.6 is 0 Å². The van der Waals surface area contributed by atoms with Gasteiger partial charge >= 0.3 is 12.0 Å². The van der Waals surface area contributed by atoms with Gasteiger partial charge in [-0.05, 0) is 18.3 Å². The first kappa shape index (κ1) is 18.7. The maximum absolute atomic E-state index is 11.4. The molecule has 0 aliphatic rings. The highest BCUT2D eigenvalue weighted by Gasteiger charge is 2.16. The molecule has 0 saturated carbocycles. The second-order valence-corrected chi connectivity index (χ2v) is 6.83. The summed E-state index contributed by atoms with van der Waals surface area (Å²) in [5.74, 6) is -1.08. The summed E-state index contributed by atoms with van der Waals surface area (Å²) < 4.78 is 21.3. The standard InChI is InChI=1S/C11H23N3O5S/c1-8(2)5-9(6-10(15)16)7-14-11(17)13-3-4-20(12,18)19/h8-9H,3-7H2,1-2H3,(H,15,16)(H2,12,18,19)(H2,13,14,17)/t9-/m0/s1. The van der Waals surface area contributed by atoms with Gasteiger partial charge in [0.2, 0.25) is 10.0 Å². The first-order valence-electron chi connectivity index (χ1n) is 6.34. The van der Waals surface area contributed by atoms with E-state index >= 15 is 0 Å². The first-order chi connectivity index (χ1) is 9.10. The second kappa shape index (κ2) is 8.75. The van der Waals surface area contributed by atoms with Crippen LogP contribution in [-0.4, -0.2) is 44.4 Å². The number of hydrogen-bond acceptors (Lipinski definition) is 4. The van der Waals surface area contributed by atoms with Crippen LogP contribution in [0.25, 0.3) is 0 Å². The minimum Gasteiger partial charge on any atom is -0.481 e. The zero-order valence-corrected chi connectivity index (χ0v) is 12.6. The van der Waals surface area contributed by atoms with Crippen LogP contribution in [0.2, 0.25) is 0 Å². The molecule has 5 N–H and O–H groups in total. The van der Waals surface area contributed by atoms with Gasteiger partial charge in [0.05, 0.1) is 5.75 Å². The lowest BCUT2D eigenvalue weighted by Gasteiger charge is -2.18. The van der Waals surface area contributed by atoms with Crippen LogP contribution in [0.4, 0.5) is 4.79 Å². The van der Waals surface area contributed by atoms with E-state index in [0.29, 0.717) is 12.3 Å². The number of nitrogens with two attached hydrogens (primary N) is 1. The molecule has 0 spiro atoms. The number of sulfonamides is 1. The molecule has 0 fully saturated rings. The van der Waals surface area contributed by atoms with Gasteiger partial charge in [0.25, 0.3) is 0 Å². The highest BCUT2D eigenvalue weighted by Crippen LogP contribution is 2.14. The molecule has 0 saturated heterocycles. The second-order valence-electron chi connectivity index (χ2n) is 5.10. The Morgan fingerprint density at radius 1 is 1.25 bits per heavy atom. The largest absolute Gasteiger partial charge is 0.481 e. The molecule has 0 aromatic heterocycles. The van der Waals surface area contributed by atoms with Gasteiger partial charge in [-0.2, -0.15) is 0 Å². The Balaban J connectivity index is 4.07. The van der Waals surface area contributed by atoms with Gasteiger partial charge in [0, 0.05) is 19.5 Å². The lowest BCUT2D eigenvalue weighted by Crippen LogP contribution is -2.41. The highest BCUT2D eigenvalue weighted by atomic mass is 32.2. The summed E-state index contributed by atoms with van der Waals surface area (Å²) in [4.78, 5) is 22.1. The van der Waals surface area contributed by atoms with E-state index in [2.05, 4.69) is 10.6 Å². The van der Waals surface area contributed by atoms with Crippen LogP contribution < -0.4 is 15.8 Å². The van der Waals surface area contributed by atoms with Crippen molar-refractivity contribution in [1.82, 2.24) is 10.6 Å². The van der Waals surface area contributed by atoms with Crippen LogP contribution in [0.15, 0.2) is 0 Å². The maximum atomic E-state index is 11.4. The molecular weight excluding hydrogens is 286 g/mol. The molecule has 0 aromatic carbocycles. The van der Waals surface area contributed by atoms with E-state index in [1.807, 2.05) is 13.8 Å². The Hall–Kier alpha value is -1.35. The summed E-state index contributed by atoms with van der Waals surface area (Å²) in [7, 11) is -3.60. The number of hydrogen-bond donors (Lipinski definition) is 4. The van der Waals surface area contributed by atoms with Crippen LogP contribution in [0.3, 0.4) is 0 Å². The summed E-state index contributed by atoms with van der Waals surface area (Å²) in [6.07, 6.45) is 0.666. The van der Waals surface area contributed by atoms with Crippen molar-refractivity contribution >= 4 is 22.0 Å². The normalized spacial score (nSPS) is 13.0. The molecule has 2 amide bonds. The molecule has 0 aliphatic carbocycles. The highest BCUT2D eigenvalue weighted by molar-refractivity contribution is 7.89. The Morgan fingerprint density at radius 3 is 2.30 bits per heavy atom. The zero-order valence-electron chi connectivity index (χ0n) is 11.8. The fraction of sp³-hybridized carbons (Fsp3) is 0.818. The van der Waals surface area contributed by atoms with Gasteiger partial charge < -0.3 is 15.7 Å². The van der Waals surface area contributed by atoms with Crippen LogP contribution in [0.5, 0.6) is 0 Å². The van der Waals surface area contributed by atoms with Gasteiger partial charge in [0.1, 0.15) is 0 Å². The van der Waals surface area contributed by atoms with Crippen molar-refractivity contribution in [2.24, 2.45) is 17.0 Å². The predicted molar refractivity (Wildman–Crippen MR) is 74.6 cm³/mol. The van der Waals surface area contributed by atoms with Crippen molar-refractivity contribution in [1.29, 1.82) is 0 Å². The summed E-state index contributed by atoms with van der Waals surface area (Å²) in [5, 5.41) is 18.4. The van der Waals surface area contributed by atoms with Crippen LogP contribution in [-0.2, 0) is 14.8 Å². The van der Waals surface area contributed by atoms with Crippen molar-refractivity contribution in [3.63, 3.8) is 0 Å². The molecule has 0 rings (SSSR count). The summed E-state index contributed by atoms with van der Waals surface area (Å²) in [6, 6.07) is -0.534. The van der Waals surface area contributed by atoms with Crippen molar-refractivity contribution in [3.8, 4) is 0 Å². The van der Waals surface area contributed by atoms with E-state index < -0.39 is 22.0 Å². The fourth-order valence-electron chi connectivity index (χ4n) is 1.76. The van der Waals surface area contributed by atoms with Gasteiger partial charge in [-0.3, -0.25) is 4.79 Å². The van der Waals surface area contributed by atoms with Gasteiger partial charge in [-0.1, -0.05) is 13.8 Å². The van der Waals surface area contributed by atoms with Gasteiger partial charge in [0.15, 0.2) is 0 Å². The number of carbonyl (C=O) groups is 2. The molecule has 1 atom stereocenters. The fourth-order valence-corrected chi connectivity index (χ4v) is 2.15. The number of aliphatic carboxylic acids is 1. The van der Waals surface area contributed by atoms with E-state index in [1.54, 1.807) is 0 Å². The van der Waals surface area contributed by atoms with Gasteiger partial charge in [-0.15, -0.1) is 0 Å². The molecule has 8 nitrogen and oxygen atoms in total. The number of urea groups is 1. The topological polar surface area (TPSA) is 139 Å². The molecule has 20 heavy (non-hydrogen) atoms. The minimum absolute atomic E-state index is 0.0182. The van der Waals surface area contributed by atoms with Crippen molar-refractivity contribution in [2.45, 2.75) is 26.7 Å². The lowest BCUT2D eigenvalue weighted by molar-refractivity contribution is -0.138. The summed E-state index contributed by atoms with van der Waals surface area (Å²) in [6.45, 7) is 4.09. The van der Waals surface area contributed by atoms with Crippen molar-refractivity contribution in [3.05, 3.63) is 0 Å². The lowest BCUT2D eigenvalue weighted by atomic mass is 9.94. The molecule has 118 valence electrons. The third kappa shape index (κ3) is 11.7. The molecule has 0 heterocycles. The van der Waals surface area contributed by atoms with E-state index in [0.717, 1.165) is 0 Å². The van der Waals surface area contributed by atoms with Crippen LogP contribution in [0, 0.1) is 11.8 Å². The van der Waals surface area contributed by atoms with E-state index in [-0.39, 0.29) is 31.2 Å². The summed E-state index contributed by atoms with van der Waals surface area (Å²) in [5.41, 5.74) is 0. The van der Waals surface area contributed by atoms with Crippen LogP contribution in [0.1, 0.15) is 26.7 Å². The number of carboxylic acids is 1. The predicted octanol–water partition coefficient (Wildman–Crippen LogP) is -0.289. The van der Waals surface area contributed by atoms with Crippen molar-refractivity contribution < 1.29 is 23.1 Å². The van der Waals surface area contributed by atoms with Crippen molar-refractivity contribution in [2.75, 3.05) is 18.8 Å². The maximum Gasteiger partial charge on any atom is 0.314 e. The van der Waals surface area contributed by atoms with Gasteiger partial charge in [-0.25, -0.2) is 18.4 Å². The molecule has 0 unspecified atom stereocenters. The average Bonchev–Trinajstić information content (AvgIpc) is 2.22. The van der Waals surface area contributed by atoms with E-state index in [4.69, 9.17) is 10.2 Å². The Kier molecular flexibility index (Phi) is 8.16. The summed E-state index contributed by atoms with van der Waals surface area (Å²) >= 11 is 0. The van der Waals surface area contributed by atoms with E-state index in [9.17, 15) is 18.0 Å². The Bertz CT molecular complexity index is 422. The zero-order chi connectivity index (χ0) is 15.8. The molecule has 0 aromatic rings. The number of nitrogens with one attached hydrogen (secondary N) is 2. The SMILES string of the molecule is CC(C)C[C@H](CNC(=O)NCCS(N)(=O)=O)CC(=O)O. The first-order valence-corrected chi connectivity index (χ1v) is 8.05. The molecule has 0 bridgehead atoms. The number of rotatable bonds is 9. The number of carboxylic acid groups (broad SMARTS) is 1. The average molecular weight is 309 g/mol. The third-order valence-electron chi connectivity index (χ3n) is 2.49. The quantitative estimate of drug-likeness (QED) is 0.463.